The number of hydrogen-bond acceptors (Lipinski definition) is 20. The van der Waals surface area contributed by atoms with E-state index in [0.717, 1.165) is 178 Å². The van der Waals surface area contributed by atoms with Gasteiger partial charge in [0.25, 0.3) is 0 Å². The molecule has 8 unspecified atom stereocenters. The molecule has 124 heavy (non-hydrogen) atoms. The maximum absolute atomic E-state index is 12.1. The van der Waals surface area contributed by atoms with Gasteiger partial charge in [-0.3, -0.25) is 0 Å². The molecule has 4 saturated heterocycles. The van der Waals surface area contributed by atoms with E-state index in [2.05, 4.69) is 134 Å². The Kier molecular flexibility index (Phi) is 17.7. The Morgan fingerprint density at radius 1 is 0.363 bits per heavy atom. The van der Waals surface area contributed by atoms with Gasteiger partial charge in [0.05, 0.1) is 43.2 Å². The van der Waals surface area contributed by atoms with Crippen LogP contribution in [0.5, 0.6) is 46.0 Å². The lowest BCUT2D eigenvalue weighted by Crippen LogP contribution is -2.83. The number of rotatable bonds is 10. The fourth-order valence-electron chi connectivity index (χ4n) is 34.6. The molecule has 16 aliphatic carbocycles. The average Bonchev–Trinajstić information content (AvgIpc) is 1.38. The van der Waals surface area contributed by atoms with Crippen LogP contribution in [0.2, 0.25) is 0 Å². The van der Waals surface area contributed by atoms with E-state index in [1.807, 2.05) is 45.9 Å². The molecular weight excluding hydrogens is 1560 g/mol. The van der Waals surface area contributed by atoms with E-state index in [1.165, 1.54) is 44.5 Å². The molecule has 21 heteroatoms. The Hall–Kier alpha value is -5.87. The summed E-state index contributed by atoms with van der Waals surface area (Å²) >= 11 is 0. The number of aliphatic hydroxyl groups is 4. The molecule has 8 spiro atoms. The van der Waals surface area contributed by atoms with Crippen molar-refractivity contribution in [3.63, 3.8) is 0 Å². The van der Waals surface area contributed by atoms with Crippen LogP contribution < -0.4 is 44.4 Å². The summed E-state index contributed by atoms with van der Waals surface area (Å²) in [5.74, 6) is 5.10. The average molecular weight is 1710 g/mol. The molecule has 0 radical (unpaired) electrons. The van der Waals surface area contributed by atoms with Crippen LogP contribution >= 0.6 is 0 Å². The molecule has 24 aliphatic rings. The third-order valence-corrected chi connectivity index (χ3v) is 42.2. The molecule has 21 nitrogen and oxygen atoms in total. The maximum Gasteiger partial charge on any atom is 0.165 e. The summed E-state index contributed by atoms with van der Waals surface area (Å²) in [5, 5.41) is 83.3. The zero-order valence-electron chi connectivity index (χ0n) is 78.2. The fourth-order valence-corrected chi connectivity index (χ4v) is 34.6. The number of nitrogens with one attached hydrogen (secondary N) is 3. The molecule has 12 saturated carbocycles. The summed E-state index contributed by atoms with van der Waals surface area (Å²) in [5.41, 5.74) is 2.81. The summed E-state index contributed by atoms with van der Waals surface area (Å²) < 4.78 is 65.0. The molecule has 8 heterocycles. The van der Waals surface area contributed by atoms with Gasteiger partial charge in [0.1, 0.15) is 52.9 Å². The van der Waals surface area contributed by atoms with Gasteiger partial charge in [-0.25, -0.2) is 0 Å². The topological polar surface area (TPSA) is 257 Å². The normalized spacial score (nSPS) is 43.8. The first kappa shape index (κ1) is 84.9. The monoisotopic (exact) mass is 1710 g/mol. The number of ether oxygens (including phenoxy) is 10. The van der Waals surface area contributed by atoms with Crippen LogP contribution in [0.1, 0.15) is 258 Å². The van der Waals surface area contributed by atoms with Crippen LogP contribution in [0.4, 0.5) is 0 Å². The predicted molar refractivity (Wildman–Crippen MR) is 471 cm³/mol. The number of benzene rings is 4. The van der Waals surface area contributed by atoms with Gasteiger partial charge in [0.15, 0.2) is 46.0 Å². The van der Waals surface area contributed by atoms with Crippen LogP contribution in [-0.4, -0.2) is 198 Å². The quantitative estimate of drug-likeness (QED) is 0.0669. The molecule has 28 atom stereocenters. The minimum Gasteiger partial charge on any atom is -0.504 e. The molecule has 16 fully saturated rings. The molecule has 16 bridgehead atoms. The Morgan fingerprint density at radius 3 is 0.935 bits per heavy atom. The number of fused-ring (bicyclic) bond motifs is 8. The second-order valence-corrected chi connectivity index (χ2v) is 48.0. The highest BCUT2D eigenvalue weighted by molar-refractivity contribution is 5.68. The zero-order chi connectivity index (χ0) is 88.3. The van der Waals surface area contributed by atoms with Crippen LogP contribution in [0.3, 0.4) is 0 Å². The lowest BCUT2D eigenvalue weighted by atomic mass is 9.33. The Morgan fingerprint density at radius 2 is 0.637 bits per heavy atom. The van der Waals surface area contributed by atoms with E-state index < -0.39 is 44.8 Å². The minimum atomic E-state index is -0.961. The van der Waals surface area contributed by atoms with Crippen molar-refractivity contribution in [1.82, 2.24) is 21.0 Å². The number of methoxy groups -OCH3 is 6. The largest absolute Gasteiger partial charge is 0.504 e. The molecule has 4 aromatic carbocycles. The van der Waals surface area contributed by atoms with Gasteiger partial charge >= 0.3 is 0 Å². The summed E-state index contributed by atoms with van der Waals surface area (Å²) in [6, 6.07) is 17.6. The first-order chi connectivity index (χ1) is 58.2. The van der Waals surface area contributed by atoms with Crippen molar-refractivity contribution in [2.45, 2.75) is 354 Å². The Bertz CT molecular complexity index is 4990. The number of piperidine rings is 4. The minimum absolute atomic E-state index is 0.00105. The number of phenolic OH excluding ortho intramolecular Hbond substituents is 2. The molecule has 9 N–H and O–H groups in total. The van der Waals surface area contributed by atoms with Crippen molar-refractivity contribution in [1.29, 1.82) is 0 Å². The second kappa shape index (κ2) is 25.9. The van der Waals surface area contributed by atoms with Crippen LogP contribution in [0.25, 0.3) is 4.95 Å². The fraction of sp³-hybridized carbons (Fsp3) is 0.757. The summed E-state index contributed by atoms with van der Waals surface area (Å²) in [6.07, 6.45) is 18.5. The Balaban J connectivity index is 0.000000101. The Labute approximate surface area is 735 Å². The highest BCUT2D eigenvalue weighted by Gasteiger charge is 2.88. The third-order valence-electron chi connectivity index (χ3n) is 42.2. The van der Waals surface area contributed by atoms with Crippen molar-refractivity contribution in [3.8, 4) is 46.0 Å². The molecule has 0 amide bonds. The van der Waals surface area contributed by atoms with Crippen LogP contribution in [0, 0.1) is 73.6 Å². The van der Waals surface area contributed by atoms with Gasteiger partial charge in [0.2, 0.25) is 0 Å². The summed E-state index contributed by atoms with van der Waals surface area (Å²) in [4.78, 5) is 4.01. The molecular formula is C103H143N5O16. The van der Waals surface area contributed by atoms with Gasteiger partial charge in [-0.2, -0.15) is 11.5 Å². The van der Waals surface area contributed by atoms with Gasteiger partial charge in [-0.15, -0.1) is 5.01 Å². The summed E-state index contributed by atoms with van der Waals surface area (Å²) in [6.45, 7) is 45.2. The number of nitrogens with zero attached hydrogens (tertiary/aromatic N) is 2. The highest BCUT2D eigenvalue weighted by Crippen LogP contribution is 2.84. The SMILES string of the molecule is CO[C@]12CC[C@@]3(C[C@@H]1[C@](C)(O)C(C)(C)C)C1Cc4ccc(O)c5c4C3(CCN1)[C@H]2O5.CO[C@]12CC[C@@]3(C[C@@H]1[C@](C)(O)C(C)(C)C)C1Cc4ccc(O)c5c4C3(CCN1)[C@H]2O5.COc1ccc2c3c1O[C@@H]1C34CCNC(C2)[C@]42CC[C@@]1(OC)[C@@H]([C@](C)(O)C(C)(C)C)C2.[C-]#[N+]N1CCC23c4c5ccc(OC)c4O[C@H]2[C@@]2(OC)CC[C@@]3(C[C@@H]2[C@](C)(O)C(C)(C)C)C1C5. The molecule has 8 aliphatic heterocycles. The second-order valence-electron chi connectivity index (χ2n) is 48.0. The van der Waals surface area contributed by atoms with E-state index in [-0.39, 0.29) is 131 Å². The molecule has 0 aromatic heterocycles. The predicted octanol–water partition coefficient (Wildman–Crippen LogP) is 14.3. The smallest absolute Gasteiger partial charge is 0.165 e. The van der Waals surface area contributed by atoms with E-state index in [1.54, 1.807) is 47.7 Å². The van der Waals surface area contributed by atoms with E-state index in [0.29, 0.717) is 29.6 Å². The first-order valence-electron chi connectivity index (χ1n) is 47.5. The van der Waals surface area contributed by atoms with Gasteiger partial charge in [-0.05, 0) is 238 Å². The van der Waals surface area contributed by atoms with Crippen molar-refractivity contribution in [2.75, 3.05) is 68.8 Å². The first-order valence-corrected chi connectivity index (χ1v) is 47.5. The lowest BCUT2D eigenvalue weighted by molar-refractivity contribution is -0.310. The summed E-state index contributed by atoms with van der Waals surface area (Å²) in [7, 11) is 10.7. The van der Waals surface area contributed by atoms with E-state index >= 15 is 0 Å². The molecule has 676 valence electrons. The standard InChI is InChI=1S/C27H36N2O4.C26H37NO4.2C25H35NO4/c1-23(2,3)24(4,30)18-15-25-10-11-27(18,32-7)22-26(25)12-13-29(28-5)19(25)14-16-8-9-17(31-6)21(33-22)20(16)26;1-22(2,3)23(4,28)17-14-24-9-10-26(17,30-6)21-25(24)11-12-27-18(24)13-15-7-8-16(29-5)20(31-21)19(15)25;2*1-21(2,3)22(4,28)16-13-23-8-9-25(16,29-5)20-24(23)10-11-26-17(23)12-14-6-7-15(27)19(30-20)18(14)24/h8-9,18-19,22,30H,10-15H2,1-4,6-7H3;7-8,17-18,21,27-28H,9-14H2,1-6H3;2*6-7,16-17,20,26-28H,8-13H2,1-5H3/t18-,19?,22-,24+,25-,26?,27-;17-,18?,21-,23+,24-,25?,26-;2*16-,17?,20-,22+,23-,24?,25-/m1111/s1. The lowest BCUT2D eigenvalue weighted by Gasteiger charge is -2.74. The van der Waals surface area contributed by atoms with E-state index in [4.69, 9.17) is 53.9 Å². The number of hydrogen-bond donors (Lipinski definition) is 9. The third kappa shape index (κ3) is 9.29. The number of aromatic hydroxyl groups is 2. The van der Waals surface area contributed by atoms with Gasteiger partial charge in [0, 0.05) is 142 Å². The zero-order valence-corrected chi connectivity index (χ0v) is 78.2. The van der Waals surface area contributed by atoms with Crippen LogP contribution in [-0.2, 0) is 66.3 Å². The van der Waals surface area contributed by atoms with Crippen molar-refractivity contribution in [2.24, 2.45) is 67.0 Å². The van der Waals surface area contributed by atoms with Crippen molar-refractivity contribution < 1.29 is 78.0 Å². The van der Waals surface area contributed by atoms with Crippen LogP contribution in [0.15, 0.2) is 48.5 Å². The van der Waals surface area contributed by atoms with E-state index in [9.17, 15) is 30.6 Å². The van der Waals surface area contributed by atoms with Crippen molar-refractivity contribution in [3.05, 3.63) is 105 Å². The highest BCUT2D eigenvalue weighted by atomic mass is 16.6. The van der Waals surface area contributed by atoms with Gasteiger partial charge in [-0.1, -0.05) is 107 Å². The van der Waals surface area contributed by atoms with Crippen molar-refractivity contribution >= 4 is 0 Å². The number of phenols is 2. The molecule has 28 rings (SSSR count). The maximum atomic E-state index is 12.1. The van der Waals surface area contributed by atoms with Gasteiger partial charge < -0.3 is 94.0 Å². The molecule has 4 aromatic rings.